The zero-order valence-corrected chi connectivity index (χ0v) is 9.18. The zero-order valence-electron chi connectivity index (χ0n) is 9.18. The van der Waals surface area contributed by atoms with Crippen molar-refractivity contribution in [2.45, 2.75) is 52.9 Å². The van der Waals surface area contributed by atoms with Gasteiger partial charge >= 0.3 is 0 Å². The number of rotatable bonds is 3. The molecule has 3 unspecified atom stereocenters. The molecule has 0 amide bonds. The highest BCUT2D eigenvalue weighted by Gasteiger charge is 2.25. The second-order valence-electron chi connectivity index (χ2n) is 4.73. The molecular weight excluding hydrogens is 160 g/mol. The predicted octanol–water partition coefficient (Wildman–Crippen LogP) is 3.43. The summed E-state index contributed by atoms with van der Waals surface area (Å²) in [4.78, 5) is 11.3. The molecule has 1 nitrogen and oxygen atoms in total. The summed E-state index contributed by atoms with van der Waals surface area (Å²) in [5, 5.41) is 0. The molecule has 0 aromatic heterocycles. The highest BCUT2D eigenvalue weighted by atomic mass is 16.1. The van der Waals surface area contributed by atoms with Crippen molar-refractivity contribution in [1.82, 2.24) is 0 Å². The number of carbonyl (C=O) groups is 1. The van der Waals surface area contributed by atoms with Gasteiger partial charge in [0.05, 0.1) is 0 Å². The van der Waals surface area contributed by atoms with E-state index < -0.39 is 0 Å². The second-order valence-corrected chi connectivity index (χ2v) is 4.73. The van der Waals surface area contributed by atoms with Gasteiger partial charge in [-0.15, -0.1) is 0 Å². The van der Waals surface area contributed by atoms with E-state index in [1.807, 2.05) is 6.92 Å². The Hall–Kier alpha value is -0.330. The van der Waals surface area contributed by atoms with Gasteiger partial charge in [-0.05, 0) is 30.6 Å². The van der Waals surface area contributed by atoms with Crippen LogP contribution in [0.2, 0.25) is 0 Å². The van der Waals surface area contributed by atoms with Gasteiger partial charge in [-0.25, -0.2) is 0 Å². The van der Waals surface area contributed by atoms with Crippen molar-refractivity contribution in [2.24, 2.45) is 17.8 Å². The van der Waals surface area contributed by atoms with Gasteiger partial charge in [0.2, 0.25) is 0 Å². The minimum absolute atomic E-state index is 0.451. The first-order chi connectivity index (χ1) is 6.13. The number of ketones is 1. The summed E-state index contributed by atoms with van der Waals surface area (Å²) in [6, 6.07) is 0. The van der Waals surface area contributed by atoms with Crippen molar-refractivity contribution in [3.05, 3.63) is 0 Å². The lowest BCUT2D eigenvalue weighted by atomic mass is 9.74. The van der Waals surface area contributed by atoms with Crippen LogP contribution in [0.15, 0.2) is 0 Å². The molecule has 0 radical (unpaired) electrons. The molecule has 0 aliphatic heterocycles. The minimum atomic E-state index is 0.451. The lowest BCUT2D eigenvalue weighted by Gasteiger charge is -2.31. The monoisotopic (exact) mass is 182 g/mol. The highest BCUT2D eigenvalue weighted by molar-refractivity contribution is 5.78. The number of hydrogen-bond acceptors (Lipinski definition) is 1. The van der Waals surface area contributed by atoms with E-state index in [1.165, 1.54) is 19.3 Å². The molecule has 3 atom stereocenters. The van der Waals surface area contributed by atoms with Crippen LogP contribution >= 0.6 is 0 Å². The SMILES string of the molecule is CCC(=O)CC1CCC(C)C(C)C1. The van der Waals surface area contributed by atoms with E-state index in [4.69, 9.17) is 0 Å². The molecule has 0 bridgehead atoms. The lowest BCUT2D eigenvalue weighted by Crippen LogP contribution is -2.22. The summed E-state index contributed by atoms with van der Waals surface area (Å²) >= 11 is 0. The number of Topliss-reactive ketones (excluding diaryl/α,β-unsaturated/α-hetero) is 1. The largest absolute Gasteiger partial charge is 0.300 e. The van der Waals surface area contributed by atoms with Crippen molar-refractivity contribution in [3.63, 3.8) is 0 Å². The summed E-state index contributed by atoms with van der Waals surface area (Å²) in [5.41, 5.74) is 0. The average molecular weight is 182 g/mol. The molecule has 0 aromatic rings. The molecule has 0 spiro atoms. The summed E-state index contributed by atoms with van der Waals surface area (Å²) in [5.74, 6) is 2.83. The van der Waals surface area contributed by atoms with Crippen molar-refractivity contribution in [1.29, 1.82) is 0 Å². The van der Waals surface area contributed by atoms with Crippen LogP contribution in [0.5, 0.6) is 0 Å². The van der Waals surface area contributed by atoms with Crippen LogP contribution in [0, 0.1) is 17.8 Å². The maximum absolute atomic E-state index is 11.3. The van der Waals surface area contributed by atoms with Crippen LogP contribution in [0.25, 0.3) is 0 Å². The first kappa shape index (κ1) is 10.7. The smallest absolute Gasteiger partial charge is 0.132 e. The molecule has 1 aliphatic carbocycles. The molecule has 0 saturated heterocycles. The molecule has 0 aromatic carbocycles. The third kappa shape index (κ3) is 3.13. The van der Waals surface area contributed by atoms with Crippen LogP contribution in [-0.4, -0.2) is 5.78 Å². The van der Waals surface area contributed by atoms with Crippen LogP contribution in [0.1, 0.15) is 52.9 Å². The Morgan fingerprint density at radius 1 is 1.23 bits per heavy atom. The zero-order chi connectivity index (χ0) is 9.84. The Labute approximate surface area is 81.9 Å². The maximum Gasteiger partial charge on any atom is 0.132 e. The maximum atomic E-state index is 11.3. The summed E-state index contributed by atoms with van der Waals surface area (Å²) in [6.45, 7) is 6.63. The third-order valence-corrected chi connectivity index (χ3v) is 3.62. The Morgan fingerprint density at radius 3 is 2.46 bits per heavy atom. The van der Waals surface area contributed by atoms with E-state index in [0.29, 0.717) is 11.7 Å². The van der Waals surface area contributed by atoms with E-state index in [0.717, 1.165) is 24.7 Å². The van der Waals surface area contributed by atoms with Crippen molar-refractivity contribution in [3.8, 4) is 0 Å². The lowest BCUT2D eigenvalue weighted by molar-refractivity contribution is -0.120. The average Bonchev–Trinajstić information content (AvgIpc) is 2.11. The fraction of sp³-hybridized carbons (Fsp3) is 0.917. The van der Waals surface area contributed by atoms with Crippen molar-refractivity contribution >= 4 is 5.78 Å². The summed E-state index contributed by atoms with van der Waals surface area (Å²) < 4.78 is 0. The normalized spacial score (nSPS) is 34.5. The Kier molecular flexibility index (Phi) is 3.95. The fourth-order valence-electron chi connectivity index (χ4n) is 2.31. The molecule has 1 aliphatic rings. The van der Waals surface area contributed by atoms with Crippen LogP contribution in [0.3, 0.4) is 0 Å². The fourth-order valence-corrected chi connectivity index (χ4v) is 2.31. The molecule has 1 heteroatoms. The van der Waals surface area contributed by atoms with Crippen LogP contribution in [-0.2, 0) is 4.79 Å². The van der Waals surface area contributed by atoms with Gasteiger partial charge in [-0.3, -0.25) is 4.79 Å². The van der Waals surface area contributed by atoms with Gasteiger partial charge in [0.1, 0.15) is 5.78 Å². The molecular formula is C12H22O. The first-order valence-corrected chi connectivity index (χ1v) is 5.65. The summed E-state index contributed by atoms with van der Waals surface area (Å²) in [7, 11) is 0. The molecule has 0 N–H and O–H groups in total. The highest BCUT2D eigenvalue weighted by Crippen LogP contribution is 2.35. The van der Waals surface area contributed by atoms with Gasteiger partial charge in [0.15, 0.2) is 0 Å². The van der Waals surface area contributed by atoms with Crippen LogP contribution in [0.4, 0.5) is 0 Å². The molecule has 1 rings (SSSR count). The quantitative estimate of drug-likeness (QED) is 0.653. The Bertz CT molecular complexity index is 174. The van der Waals surface area contributed by atoms with E-state index in [2.05, 4.69) is 13.8 Å². The predicted molar refractivity (Wildman–Crippen MR) is 55.6 cm³/mol. The van der Waals surface area contributed by atoms with E-state index in [1.54, 1.807) is 0 Å². The van der Waals surface area contributed by atoms with Crippen molar-refractivity contribution < 1.29 is 4.79 Å². The van der Waals surface area contributed by atoms with Crippen LogP contribution < -0.4 is 0 Å². The van der Waals surface area contributed by atoms with E-state index in [-0.39, 0.29) is 0 Å². The molecule has 13 heavy (non-hydrogen) atoms. The molecule has 1 saturated carbocycles. The number of hydrogen-bond donors (Lipinski definition) is 0. The number of carbonyl (C=O) groups excluding carboxylic acids is 1. The van der Waals surface area contributed by atoms with Gasteiger partial charge in [-0.1, -0.05) is 27.2 Å². The minimum Gasteiger partial charge on any atom is -0.300 e. The van der Waals surface area contributed by atoms with Gasteiger partial charge < -0.3 is 0 Å². The topological polar surface area (TPSA) is 17.1 Å². The molecule has 1 fully saturated rings. The first-order valence-electron chi connectivity index (χ1n) is 5.65. The molecule has 0 heterocycles. The second kappa shape index (κ2) is 4.78. The molecule has 76 valence electrons. The van der Waals surface area contributed by atoms with E-state index >= 15 is 0 Å². The Morgan fingerprint density at radius 2 is 1.92 bits per heavy atom. The van der Waals surface area contributed by atoms with Crippen molar-refractivity contribution in [2.75, 3.05) is 0 Å². The third-order valence-electron chi connectivity index (χ3n) is 3.62. The van der Waals surface area contributed by atoms with Gasteiger partial charge in [-0.2, -0.15) is 0 Å². The summed E-state index contributed by atoms with van der Waals surface area (Å²) in [6.07, 6.45) is 5.43. The van der Waals surface area contributed by atoms with Gasteiger partial charge in [0.25, 0.3) is 0 Å². The Balaban J connectivity index is 2.33. The van der Waals surface area contributed by atoms with Gasteiger partial charge in [0, 0.05) is 12.8 Å². The standard InChI is InChI=1S/C12H22O/c1-4-12(13)8-11-6-5-9(2)10(3)7-11/h9-11H,4-8H2,1-3H3. The van der Waals surface area contributed by atoms with E-state index in [9.17, 15) is 4.79 Å².